The highest BCUT2D eigenvalue weighted by atomic mass is 19.4. The molecule has 3 rings (SSSR count). The van der Waals surface area contributed by atoms with E-state index in [4.69, 9.17) is 0 Å². The molecule has 0 saturated carbocycles. The van der Waals surface area contributed by atoms with Crippen LogP contribution < -0.4 is 5.32 Å². The van der Waals surface area contributed by atoms with Crippen LogP contribution in [0.2, 0.25) is 0 Å². The number of alkyl halides is 3. The lowest BCUT2D eigenvalue weighted by atomic mass is 10.0. The summed E-state index contributed by atoms with van der Waals surface area (Å²) in [6.45, 7) is 1.85. The number of pyridine rings is 1. The Kier molecular flexibility index (Phi) is 4.82. The van der Waals surface area contributed by atoms with Gasteiger partial charge in [-0.1, -0.05) is 12.1 Å². The summed E-state index contributed by atoms with van der Waals surface area (Å²) in [4.78, 5) is 5.83. The Hall–Kier alpha value is -1.99. The van der Waals surface area contributed by atoms with Gasteiger partial charge in [0.15, 0.2) is 0 Å². The Morgan fingerprint density at radius 1 is 1.21 bits per heavy atom. The van der Waals surface area contributed by atoms with E-state index < -0.39 is 11.7 Å². The minimum absolute atomic E-state index is 0.00620. The van der Waals surface area contributed by atoms with Crippen molar-refractivity contribution in [2.45, 2.75) is 18.8 Å². The molecule has 0 bridgehead atoms. The fraction of sp³-hybridized carbons (Fsp3) is 0.353. The van der Waals surface area contributed by atoms with Crippen molar-refractivity contribution in [3.8, 4) is 0 Å². The molecule has 7 heteroatoms. The monoisotopic (exact) mass is 339 g/mol. The summed E-state index contributed by atoms with van der Waals surface area (Å²) in [7, 11) is 0. The molecule has 0 amide bonds. The Morgan fingerprint density at radius 3 is 2.79 bits per heavy atom. The van der Waals surface area contributed by atoms with Crippen LogP contribution in [0.4, 0.5) is 17.6 Å². The molecule has 0 radical (unpaired) electrons. The quantitative estimate of drug-likeness (QED) is 0.869. The highest BCUT2D eigenvalue weighted by Crippen LogP contribution is 2.33. The van der Waals surface area contributed by atoms with Crippen molar-refractivity contribution in [3.63, 3.8) is 0 Å². The van der Waals surface area contributed by atoms with E-state index in [-0.39, 0.29) is 24.1 Å². The van der Waals surface area contributed by atoms with Crippen LogP contribution in [0, 0.1) is 5.82 Å². The second-order valence-corrected chi connectivity index (χ2v) is 5.74. The van der Waals surface area contributed by atoms with Gasteiger partial charge >= 0.3 is 6.18 Å². The third kappa shape index (κ3) is 3.73. The van der Waals surface area contributed by atoms with Gasteiger partial charge < -0.3 is 5.32 Å². The largest absolute Gasteiger partial charge is 0.418 e. The first-order chi connectivity index (χ1) is 11.4. The number of rotatable bonds is 3. The number of nitrogens with one attached hydrogen (secondary N) is 1. The van der Waals surface area contributed by atoms with Gasteiger partial charge in [0.1, 0.15) is 5.82 Å². The topological polar surface area (TPSA) is 28.2 Å². The molecule has 1 aromatic carbocycles. The Bertz CT molecular complexity index is 702. The second-order valence-electron chi connectivity index (χ2n) is 5.74. The van der Waals surface area contributed by atoms with Gasteiger partial charge in [-0.2, -0.15) is 13.2 Å². The number of piperazine rings is 1. The Morgan fingerprint density at radius 2 is 2.04 bits per heavy atom. The molecule has 24 heavy (non-hydrogen) atoms. The lowest BCUT2D eigenvalue weighted by Gasteiger charge is -2.36. The summed E-state index contributed by atoms with van der Waals surface area (Å²) < 4.78 is 53.0. The Balaban J connectivity index is 1.88. The first kappa shape index (κ1) is 16.9. The van der Waals surface area contributed by atoms with E-state index in [1.165, 1.54) is 24.4 Å². The molecule has 2 aromatic rings. The predicted octanol–water partition coefficient (Wildman–Crippen LogP) is 3.39. The van der Waals surface area contributed by atoms with E-state index in [0.717, 1.165) is 11.6 Å². The lowest BCUT2D eigenvalue weighted by molar-refractivity contribution is -0.138. The first-order valence-corrected chi connectivity index (χ1v) is 7.66. The van der Waals surface area contributed by atoms with E-state index in [1.807, 2.05) is 4.90 Å². The molecule has 1 aliphatic rings. The van der Waals surface area contributed by atoms with Crippen molar-refractivity contribution >= 4 is 0 Å². The van der Waals surface area contributed by atoms with Crippen LogP contribution in [-0.4, -0.2) is 29.5 Å². The number of hydrogen-bond donors (Lipinski definition) is 1. The molecule has 0 aliphatic carbocycles. The van der Waals surface area contributed by atoms with Gasteiger partial charge in [-0.15, -0.1) is 0 Å². The van der Waals surface area contributed by atoms with Crippen molar-refractivity contribution in [3.05, 3.63) is 65.2 Å². The molecule has 1 unspecified atom stereocenters. The van der Waals surface area contributed by atoms with Gasteiger partial charge in [0, 0.05) is 38.4 Å². The zero-order chi connectivity index (χ0) is 17.2. The van der Waals surface area contributed by atoms with Crippen LogP contribution in [0.25, 0.3) is 0 Å². The van der Waals surface area contributed by atoms with Gasteiger partial charge in [-0.25, -0.2) is 4.39 Å². The number of hydrogen-bond acceptors (Lipinski definition) is 3. The molecular formula is C17H17F4N3. The molecule has 1 saturated heterocycles. The van der Waals surface area contributed by atoms with E-state index in [2.05, 4.69) is 10.3 Å². The smallest absolute Gasteiger partial charge is 0.314 e. The highest BCUT2D eigenvalue weighted by Gasteiger charge is 2.35. The minimum Gasteiger partial charge on any atom is -0.314 e. The second kappa shape index (κ2) is 6.86. The van der Waals surface area contributed by atoms with Crippen LogP contribution in [-0.2, 0) is 12.7 Å². The predicted molar refractivity (Wildman–Crippen MR) is 81.7 cm³/mol. The molecule has 2 heterocycles. The van der Waals surface area contributed by atoms with E-state index in [9.17, 15) is 17.6 Å². The zero-order valence-electron chi connectivity index (χ0n) is 12.9. The van der Waals surface area contributed by atoms with E-state index >= 15 is 0 Å². The van der Waals surface area contributed by atoms with Gasteiger partial charge in [0.2, 0.25) is 0 Å². The summed E-state index contributed by atoms with van der Waals surface area (Å²) in [5.41, 5.74) is 0.0153. The number of halogens is 4. The molecule has 1 aliphatic heterocycles. The average Bonchev–Trinajstić information content (AvgIpc) is 2.55. The SMILES string of the molecule is Fc1cccc(C2CNCCN2Cc2ncccc2C(F)(F)F)c1. The first-order valence-electron chi connectivity index (χ1n) is 7.66. The van der Waals surface area contributed by atoms with Crippen LogP contribution in [0.5, 0.6) is 0 Å². The van der Waals surface area contributed by atoms with Crippen LogP contribution in [0.3, 0.4) is 0 Å². The van der Waals surface area contributed by atoms with Crippen molar-refractivity contribution in [2.75, 3.05) is 19.6 Å². The van der Waals surface area contributed by atoms with Crippen molar-refractivity contribution in [1.82, 2.24) is 15.2 Å². The van der Waals surface area contributed by atoms with Crippen molar-refractivity contribution in [2.24, 2.45) is 0 Å². The van der Waals surface area contributed by atoms with E-state index in [0.29, 0.717) is 19.6 Å². The summed E-state index contributed by atoms with van der Waals surface area (Å²) in [5, 5.41) is 3.21. The maximum Gasteiger partial charge on any atom is 0.418 e. The van der Waals surface area contributed by atoms with Gasteiger partial charge in [0.25, 0.3) is 0 Å². The fourth-order valence-corrected chi connectivity index (χ4v) is 2.99. The maximum absolute atomic E-state index is 13.5. The van der Waals surface area contributed by atoms with Crippen LogP contribution in [0.15, 0.2) is 42.6 Å². The molecule has 0 spiro atoms. The number of benzene rings is 1. The average molecular weight is 339 g/mol. The summed E-state index contributed by atoms with van der Waals surface area (Å²) in [6, 6.07) is 8.31. The molecule has 3 nitrogen and oxygen atoms in total. The van der Waals surface area contributed by atoms with Crippen molar-refractivity contribution < 1.29 is 17.6 Å². The highest BCUT2D eigenvalue weighted by molar-refractivity contribution is 5.25. The maximum atomic E-state index is 13.5. The lowest BCUT2D eigenvalue weighted by Crippen LogP contribution is -2.45. The zero-order valence-corrected chi connectivity index (χ0v) is 12.9. The molecule has 1 fully saturated rings. The third-order valence-corrected chi connectivity index (χ3v) is 4.14. The summed E-state index contributed by atoms with van der Waals surface area (Å²) >= 11 is 0. The standard InChI is InChI=1S/C17H17F4N3/c18-13-4-1-3-12(9-13)16-10-22-7-8-24(16)11-15-14(17(19,20)21)5-2-6-23-15/h1-6,9,16,22H,7-8,10-11H2. The molecule has 128 valence electrons. The van der Waals surface area contributed by atoms with Gasteiger partial charge in [-0.05, 0) is 29.8 Å². The van der Waals surface area contributed by atoms with E-state index in [1.54, 1.807) is 12.1 Å². The normalized spacial score (nSPS) is 19.4. The number of nitrogens with zero attached hydrogens (tertiary/aromatic N) is 2. The van der Waals surface area contributed by atoms with Crippen molar-refractivity contribution in [1.29, 1.82) is 0 Å². The third-order valence-electron chi connectivity index (χ3n) is 4.14. The summed E-state index contributed by atoms with van der Waals surface area (Å²) in [6.07, 6.45) is -3.07. The molecular weight excluding hydrogens is 322 g/mol. The molecule has 1 aromatic heterocycles. The van der Waals surface area contributed by atoms with Crippen LogP contribution >= 0.6 is 0 Å². The van der Waals surface area contributed by atoms with Crippen LogP contribution in [0.1, 0.15) is 22.9 Å². The summed E-state index contributed by atoms with van der Waals surface area (Å²) in [5.74, 6) is -0.355. The Labute approximate surface area is 137 Å². The molecule has 1 N–H and O–H groups in total. The fourth-order valence-electron chi connectivity index (χ4n) is 2.99. The minimum atomic E-state index is -4.44. The van der Waals surface area contributed by atoms with Gasteiger partial charge in [-0.3, -0.25) is 9.88 Å². The molecule has 1 atom stereocenters. The number of aromatic nitrogens is 1. The van der Waals surface area contributed by atoms with Gasteiger partial charge in [0.05, 0.1) is 11.3 Å².